The number of rotatable bonds is 9. The Labute approximate surface area is 188 Å². The van der Waals surface area contributed by atoms with E-state index in [2.05, 4.69) is 10.1 Å². The lowest BCUT2D eigenvalue weighted by atomic mass is 10.2. The summed E-state index contributed by atoms with van der Waals surface area (Å²) < 4.78 is 55.4. The molecule has 0 bridgehead atoms. The fourth-order valence-electron chi connectivity index (χ4n) is 3.28. The lowest BCUT2D eigenvalue weighted by Gasteiger charge is -2.33. The van der Waals surface area contributed by atoms with Gasteiger partial charge in [0.2, 0.25) is 15.9 Å². The summed E-state index contributed by atoms with van der Waals surface area (Å²) in [6.45, 7) is -1.71. The number of hydrogen-bond acceptors (Lipinski definition) is 7. The van der Waals surface area contributed by atoms with Gasteiger partial charge in [-0.3, -0.25) is 19.8 Å². The van der Waals surface area contributed by atoms with Crippen LogP contribution in [0.4, 0.5) is 14.5 Å². The van der Waals surface area contributed by atoms with E-state index in [1.807, 2.05) is 0 Å². The van der Waals surface area contributed by atoms with Gasteiger partial charge in [0.15, 0.2) is 0 Å². The lowest BCUT2D eigenvalue weighted by molar-refractivity contribution is -0.385. The van der Waals surface area contributed by atoms with Crippen molar-refractivity contribution in [3.63, 3.8) is 0 Å². The molecule has 1 N–H and O–H groups in total. The van der Waals surface area contributed by atoms with E-state index in [0.717, 1.165) is 6.07 Å². The van der Waals surface area contributed by atoms with E-state index in [1.165, 1.54) is 34.6 Å². The van der Waals surface area contributed by atoms with Crippen molar-refractivity contribution in [2.75, 3.05) is 32.7 Å². The van der Waals surface area contributed by atoms with Crippen molar-refractivity contribution in [2.24, 2.45) is 0 Å². The third-order valence-electron chi connectivity index (χ3n) is 5.00. The highest BCUT2D eigenvalue weighted by atomic mass is 32.2. The molecule has 0 spiro atoms. The Morgan fingerprint density at radius 3 is 2.39 bits per heavy atom. The van der Waals surface area contributed by atoms with Crippen molar-refractivity contribution in [1.82, 2.24) is 14.5 Å². The fourth-order valence-corrected chi connectivity index (χ4v) is 4.75. The molecule has 13 heteroatoms. The van der Waals surface area contributed by atoms with Crippen LogP contribution in [-0.4, -0.2) is 67.8 Å². The van der Waals surface area contributed by atoms with Gasteiger partial charge < -0.3 is 10.1 Å². The number of nitro groups is 1. The zero-order valence-corrected chi connectivity index (χ0v) is 18.2. The van der Waals surface area contributed by atoms with Crippen molar-refractivity contribution in [1.29, 1.82) is 0 Å². The first-order chi connectivity index (χ1) is 15.6. The first-order valence-electron chi connectivity index (χ1n) is 9.92. The standard InChI is InChI=1S/C20H22F2N4O6S/c21-20(22)32-17-6-4-15(5-7-17)13-23-19(27)14-24-8-10-25(11-9-24)33(30,31)18-3-1-2-16(12-18)26(28)29/h1-7,12,20H,8-11,13-14H2,(H,23,27). The lowest BCUT2D eigenvalue weighted by Crippen LogP contribution is -2.50. The van der Waals surface area contributed by atoms with Gasteiger partial charge in [0, 0.05) is 44.9 Å². The molecule has 1 amide bonds. The number of carbonyl (C=O) groups is 1. The monoisotopic (exact) mass is 484 g/mol. The maximum atomic E-state index is 12.8. The average molecular weight is 484 g/mol. The number of piperazine rings is 1. The summed E-state index contributed by atoms with van der Waals surface area (Å²) >= 11 is 0. The average Bonchev–Trinajstić information content (AvgIpc) is 2.78. The number of carbonyl (C=O) groups excluding carboxylic acids is 1. The maximum Gasteiger partial charge on any atom is 0.387 e. The number of halogens is 2. The minimum absolute atomic E-state index is 0.0259. The molecule has 0 radical (unpaired) electrons. The van der Waals surface area contributed by atoms with Gasteiger partial charge in [-0.15, -0.1) is 0 Å². The van der Waals surface area contributed by atoms with Crippen LogP contribution >= 0.6 is 0 Å². The summed E-state index contributed by atoms with van der Waals surface area (Å²) in [6.07, 6.45) is 0. The molecule has 1 saturated heterocycles. The molecule has 0 unspecified atom stereocenters. The van der Waals surface area contributed by atoms with Gasteiger partial charge in [-0.05, 0) is 23.8 Å². The number of amides is 1. The number of nitrogens with one attached hydrogen (secondary N) is 1. The highest BCUT2D eigenvalue weighted by Crippen LogP contribution is 2.22. The quantitative estimate of drug-likeness (QED) is 0.426. The van der Waals surface area contributed by atoms with Crippen LogP contribution in [0.15, 0.2) is 53.4 Å². The third kappa shape index (κ3) is 6.66. The Balaban J connectivity index is 1.47. The molecule has 33 heavy (non-hydrogen) atoms. The molecule has 0 atom stereocenters. The Hall–Kier alpha value is -3.16. The Bertz CT molecular complexity index is 1090. The van der Waals surface area contributed by atoms with E-state index in [9.17, 15) is 32.1 Å². The van der Waals surface area contributed by atoms with Gasteiger partial charge in [0.25, 0.3) is 5.69 Å². The number of non-ortho nitro benzene ring substituents is 1. The van der Waals surface area contributed by atoms with Crippen LogP contribution < -0.4 is 10.1 Å². The van der Waals surface area contributed by atoms with E-state index >= 15 is 0 Å². The van der Waals surface area contributed by atoms with E-state index in [-0.39, 0.29) is 48.4 Å². The second kappa shape index (κ2) is 10.6. The zero-order chi connectivity index (χ0) is 24.0. The number of ether oxygens (including phenoxy) is 1. The molecule has 2 aromatic rings. The first kappa shape index (κ1) is 24.5. The molecular formula is C20H22F2N4O6S. The van der Waals surface area contributed by atoms with Gasteiger partial charge in [0.1, 0.15) is 5.75 Å². The molecule has 10 nitrogen and oxygen atoms in total. The van der Waals surface area contributed by atoms with Crippen molar-refractivity contribution in [2.45, 2.75) is 18.1 Å². The molecule has 0 saturated carbocycles. The fraction of sp³-hybridized carbons (Fsp3) is 0.350. The zero-order valence-electron chi connectivity index (χ0n) is 17.4. The third-order valence-corrected chi connectivity index (χ3v) is 6.90. The van der Waals surface area contributed by atoms with Gasteiger partial charge in [0.05, 0.1) is 16.4 Å². The summed E-state index contributed by atoms with van der Waals surface area (Å²) in [5.41, 5.74) is 0.403. The summed E-state index contributed by atoms with van der Waals surface area (Å²) in [5.74, 6) is -0.240. The van der Waals surface area contributed by atoms with Gasteiger partial charge in [-0.2, -0.15) is 13.1 Å². The molecule has 1 heterocycles. The van der Waals surface area contributed by atoms with Crippen LogP contribution in [0.2, 0.25) is 0 Å². The molecule has 0 aromatic heterocycles. The smallest absolute Gasteiger partial charge is 0.387 e. The predicted octanol–water partition coefficient (Wildman–Crippen LogP) is 1.82. The number of benzene rings is 2. The molecule has 1 fully saturated rings. The molecule has 0 aliphatic carbocycles. The van der Waals surface area contributed by atoms with Gasteiger partial charge >= 0.3 is 6.61 Å². The van der Waals surface area contributed by atoms with Crippen molar-refractivity contribution in [3.05, 3.63) is 64.2 Å². The van der Waals surface area contributed by atoms with E-state index in [4.69, 9.17) is 0 Å². The topological polar surface area (TPSA) is 122 Å². The van der Waals surface area contributed by atoms with Crippen LogP contribution in [0.25, 0.3) is 0 Å². The van der Waals surface area contributed by atoms with Crippen LogP contribution in [0.5, 0.6) is 5.75 Å². The van der Waals surface area contributed by atoms with Crippen molar-refractivity contribution < 1.29 is 31.7 Å². The van der Waals surface area contributed by atoms with Crippen molar-refractivity contribution in [3.8, 4) is 5.75 Å². The summed E-state index contributed by atoms with van der Waals surface area (Å²) in [7, 11) is -3.88. The number of sulfonamides is 1. The second-order valence-electron chi connectivity index (χ2n) is 7.23. The Morgan fingerprint density at radius 1 is 1.12 bits per heavy atom. The Kier molecular flexibility index (Phi) is 7.89. The van der Waals surface area contributed by atoms with Gasteiger partial charge in [-0.1, -0.05) is 18.2 Å². The number of nitrogens with zero attached hydrogens (tertiary/aromatic N) is 3. The van der Waals surface area contributed by atoms with Crippen LogP contribution in [0, 0.1) is 10.1 Å². The molecule has 2 aromatic carbocycles. The minimum Gasteiger partial charge on any atom is -0.435 e. The van der Waals surface area contributed by atoms with Crippen LogP contribution in [-0.2, 0) is 21.4 Å². The van der Waals surface area contributed by atoms with Crippen LogP contribution in [0.3, 0.4) is 0 Å². The molecule has 178 valence electrons. The molecule has 1 aliphatic rings. The second-order valence-corrected chi connectivity index (χ2v) is 9.17. The predicted molar refractivity (Wildman–Crippen MR) is 113 cm³/mol. The Morgan fingerprint density at radius 2 is 1.79 bits per heavy atom. The molecular weight excluding hydrogens is 462 g/mol. The van der Waals surface area contributed by atoms with E-state index < -0.39 is 21.6 Å². The maximum absolute atomic E-state index is 12.8. The van der Waals surface area contributed by atoms with Crippen LogP contribution in [0.1, 0.15) is 5.56 Å². The molecule has 1 aliphatic heterocycles. The van der Waals surface area contributed by atoms with E-state index in [1.54, 1.807) is 17.0 Å². The van der Waals surface area contributed by atoms with Gasteiger partial charge in [-0.25, -0.2) is 8.42 Å². The summed E-state index contributed by atoms with van der Waals surface area (Å²) in [5, 5.41) is 13.6. The summed E-state index contributed by atoms with van der Waals surface area (Å²) in [6, 6.07) is 10.8. The van der Waals surface area contributed by atoms with E-state index in [0.29, 0.717) is 18.7 Å². The number of alkyl halides is 2. The number of nitro benzene ring substituents is 1. The number of hydrogen-bond donors (Lipinski definition) is 1. The highest BCUT2D eigenvalue weighted by molar-refractivity contribution is 7.89. The SMILES string of the molecule is O=C(CN1CCN(S(=O)(=O)c2cccc([N+](=O)[O-])c2)CC1)NCc1ccc(OC(F)F)cc1. The largest absolute Gasteiger partial charge is 0.435 e. The summed E-state index contributed by atoms with van der Waals surface area (Å²) in [4.78, 5) is 24.1. The molecule has 3 rings (SSSR count). The first-order valence-corrected chi connectivity index (χ1v) is 11.4. The van der Waals surface area contributed by atoms with Crippen molar-refractivity contribution >= 4 is 21.6 Å². The highest BCUT2D eigenvalue weighted by Gasteiger charge is 2.30. The normalized spacial score (nSPS) is 15.4. The minimum atomic E-state index is -3.88.